The van der Waals surface area contributed by atoms with E-state index in [0.717, 1.165) is 12.3 Å². The molecular weight excluding hydrogens is 410 g/mol. The first-order valence-corrected chi connectivity index (χ1v) is 6.87. The molecule has 0 radical (unpaired) electrons. The number of guanidine groups is 1. The van der Waals surface area contributed by atoms with E-state index in [-0.39, 0.29) is 29.7 Å². The molecule has 0 bridgehead atoms. The zero-order chi connectivity index (χ0) is 15.0. The number of nitrogens with one attached hydrogen (secondary N) is 1. The first kappa shape index (κ1) is 17.2. The summed E-state index contributed by atoms with van der Waals surface area (Å²) >= 11 is 0. The molecule has 2 atom stereocenters. The number of hydrogen-bond donors (Lipinski definition) is 2. The Kier molecular flexibility index (Phi) is 5.08. The number of hydrogen-bond acceptors (Lipinski definition) is 2. The molecule has 4 nitrogen and oxygen atoms in total. The summed E-state index contributed by atoms with van der Waals surface area (Å²) in [6, 6.07) is 5.70. The number of nitrogens with zero attached hydrogens (tertiary/aromatic N) is 1. The summed E-state index contributed by atoms with van der Waals surface area (Å²) in [7, 11) is 0. The van der Waals surface area contributed by atoms with Crippen molar-refractivity contribution in [3.63, 3.8) is 0 Å². The van der Waals surface area contributed by atoms with Crippen molar-refractivity contribution in [2.45, 2.75) is 31.7 Å². The van der Waals surface area contributed by atoms with Crippen LogP contribution in [0.3, 0.4) is 0 Å². The average Bonchev–Trinajstić information content (AvgIpc) is 3.21. The summed E-state index contributed by atoms with van der Waals surface area (Å²) in [6.45, 7) is 0. The zero-order valence-electron chi connectivity index (χ0n) is 11.6. The van der Waals surface area contributed by atoms with E-state index in [2.05, 4.69) is 15.0 Å². The molecule has 2 aliphatic rings. The highest BCUT2D eigenvalue weighted by molar-refractivity contribution is 14.0. The van der Waals surface area contributed by atoms with Gasteiger partial charge in [0.2, 0.25) is 0 Å². The molecule has 2 aliphatic carbocycles. The lowest BCUT2D eigenvalue weighted by Gasteiger charge is -2.10. The van der Waals surface area contributed by atoms with Crippen molar-refractivity contribution in [1.29, 1.82) is 0 Å². The van der Waals surface area contributed by atoms with Gasteiger partial charge in [0.15, 0.2) is 5.96 Å². The van der Waals surface area contributed by atoms with E-state index in [1.54, 1.807) is 0 Å². The maximum atomic E-state index is 12.0. The van der Waals surface area contributed by atoms with Gasteiger partial charge in [-0.2, -0.15) is 0 Å². The number of halogens is 4. The number of rotatable bonds is 4. The summed E-state index contributed by atoms with van der Waals surface area (Å²) in [5.41, 5.74) is 6.38. The van der Waals surface area contributed by atoms with Gasteiger partial charge in [0.1, 0.15) is 5.75 Å². The second kappa shape index (κ2) is 6.51. The minimum absolute atomic E-state index is 0. The summed E-state index contributed by atoms with van der Waals surface area (Å²) in [6.07, 6.45) is -1.000. The van der Waals surface area contributed by atoms with Crippen LogP contribution in [0.15, 0.2) is 29.3 Å². The summed E-state index contributed by atoms with van der Waals surface area (Å²) in [4.78, 5) is 4.38. The summed E-state index contributed by atoms with van der Waals surface area (Å²) < 4.78 is 39.9. The lowest BCUT2D eigenvalue weighted by atomic mass is 10.3. The monoisotopic (exact) mass is 427 g/mol. The summed E-state index contributed by atoms with van der Waals surface area (Å²) in [5.74, 6) is 1.53. The molecule has 8 heteroatoms. The van der Waals surface area contributed by atoms with E-state index in [1.165, 1.54) is 37.1 Å². The number of benzene rings is 1. The quantitative estimate of drug-likeness (QED) is 0.438. The van der Waals surface area contributed by atoms with Crippen LogP contribution in [0, 0.1) is 11.8 Å². The first-order valence-electron chi connectivity index (χ1n) is 6.87. The van der Waals surface area contributed by atoms with Crippen molar-refractivity contribution in [2.24, 2.45) is 22.6 Å². The van der Waals surface area contributed by atoms with E-state index in [9.17, 15) is 13.2 Å². The van der Waals surface area contributed by atoms with Crippen LogP contribution in [-0.4, -0.2) is 18.4 Å². The Bertz CT molecular complexity index is 543. The number of anilines is 1. The molecule has 0 aliphatic heterocycles. The van der Waals surface area contributed by atoms with Crippen LogP contribution < -0.4 is 15.8 Å². The summed E-state index contributed by atoms with van der Waals surface area (Å²) in [5, 5.41) is 2.87. The molecule has 1 aromatic carbocycles. The fourth-order valence-corrected chi connectivity index (χ4v) is 2.48. The lowest BCUT2D eigenvalue weighted by molar-refractivity contribution is -0.274. The lowest BCUT2D eigenvalue weighted by Crippen LogP contribution is -2.23. The molecule has 0 spiro atoms. The Balaban J connectivity index is 0.00000176. The van der Waals surface area contributed by atoms with Crippen LogP contribution >= 0.6 is 24.0 Å². The van der Waals surface area contributed by atoms with Crippen LogP contribution in [0.25, 0.3) is 0 Å². The Morgan fingerprint density at radius 2 is 1.86 bits per heavy atom. The standard InChI is InChI=1S/C14H16F3N3O.HI/c15-14(16,17)21-10-5-3-9(4-6-10)19-13(18)20-12-7-11(12)8-1-2-8;/h3-6,8,11-12H,1-2,7H2,(H3,18,19,20);1H/t11-,12+;/m0./s1. The van der Waals surface area contributed by atoms with Crippen LogP contribution in [0.1, 0.15) is 19.3 Å². The van der Waals surface area contributed by atoms with Crippen molar-refractivity contribution in [3.05, 3.63) is 24.3 Å². The highest BCUT2D eigenvalue weighted by Crippen LogP contribution is 2.51. The second-order valence-corrected chi connectivity index (χ2v) is 5.52. The first-order chi connectivity index (χ1) is 9.90. The van der Waals surface area contributed by atoms with E-state index in [4.69, 9.17) is 5.73 Å². The number of ether oxygens (including phenoxy) is 1. The van der Waals surface area contributed by atoms with Crippen LogP contribution in [-0.2, 0) is 0 Å². The molecule has 0 heterocycles. The van der Waals surface area contributed by atoms with Crippen LogP contribution in [0.4, 0.5) is 18.9 Å². The number of aliphatic imine (C=N–C) groups is 1. The second-order valence-electron chi connectivity index (χ2n) is 5.52. The van der Waals surface area contributed by atoms with E-state index in [1.807, 2.05) is 0 Å². The maximum absolute atomic E-state index is 12.0. The molecule has 0 unspecified atom stereocenters. The Labute approximate surface area is 143 Å². The van der Waals surface area contributed by atoms with Gasteiger partial charge in [-0.05, 0) is 55.4 Å². The average molecular weight is 427 g/mol. The predicted octanol–water partition coefficient (Wildman–Crippen LogP) is 3.73. The number of nitrogens with two attached hydrogens (primary N) is 1. The van der Waals surface area contributed by atoms with E-state index in [0.29, 0.717) is 23.6 Å². The van der Waals surface area contributed by atoms with Gasteiger partial charge in [0.25, 0.3) is 0 Å². The largest absolute Gasteiger partial charge is 0.573 e. The third-order valence-electron chi connectivity index (χ3n) is 3.70. The van der Waals surface area contributed by atoms with Gasteiger partial charge < -0.3 is 15.8 Å². The molecule has 22 heavy (non-hydrogen) atoms. The molecule has 122 valence electrons. The zero-order valence-corrected chi connectivity index (χ0v) is 14.0. The molecule has 0 saturated heterocycles. The van der Waals surface area contributed by atoms with Gasteiger partial charge in [0, 0.05) is 5.69 Å². The SMILES string of the molecule is I.NC(=N[C@@H]1C[C@H]1C1CC1)Nc1ccc(OC(F)(F)F)cc1. The van der Waals surface area contributed by atoms with Crippen molar-refractivity contribution in [2.75, 3.05) is 5.32 Å². The Hall–Kier alpha value is -1.19. The molecule has 0 amide bonds. The minimum Gasteiger partial charge on any atom is -0.406 e. The highest BCUT2D eigenvalue weighted by atomic mass is 127. The number of alkyl halides is 3. The molecule has 1 aromatic rings. The van der Waals surface area contributed by atoms with Gasteiger partial charge in [-0.3, -0.25) is 0 Å². The third kappa shape index (κ3) is 4.92. The van der Waals surface area contributed by atoms with Crippen molar-refractivity contribution >= 4 is 35.6 Å². The van der Waals surface area contributed by atoms with Gasteiger partial charge in [-0.1, -0.05) is 0 Å². The van der Waals surface area contributed by atoms with Gasteiger partial charge >= 0.3 is 6.36 Å². The smallest absolute Gasteiger partial charge is 0.406 e. The minimum atomic E-state index is -4.68. The topological polar surface area (TPSA) is 59.6 Å². The predicted molar refractivity (Wildman–Crippen MR) is 88.4 cm³/mol. The third-order valence-corrected chi connectivity index (χ3v) is 3.70. The molecular formula is C14H17F3IN3O. The van der Waals surface area contributed by atoms with Crippen LogP contribution in [0.2, 0.25) is 0 Å². The van der Waals surface area contributed by atoms with Gasteiger partial charge in [0.05, 0.1) is 6.04 Å². The van der Waals surface area contributed by atoms with Gasteiger partial charge in [-0.15, -0.1) is 37.1 Å². The normalized spacial score (nSPS) is 24.4. The fraction of sp³-hybridized carbons (Fsp3) is 0.500. The van der Waals surface area contributed by atoms with Crippen LogP contribution in [0.5, 0.6) is 5.75 Å². The molecule has 3 N–H and O–H groups in total. The molecule has 2 fully saturated rings. The van der Waals surface area contributed by atoms with E-state index < -0.39 is 6.36 Å². The van der Waals surface area contributed by atoms with Gasteiger partial charge in [-0.25, -0.2) is 4.99 Å². The van der Waals surface area contributed by atoms with Crippen molar-refractivity contribution in [3.8, 4) is 5.75 Å². The fourth-order valence-electron chi connectivity index (χ4n) is 2.48. The Morgan fingerprint density at radius 1 is 1.23 bits per heavy atom. The molecule has 2 saturated carbocycles. The highest BCUT2D eigenvalue weighted by Gasteiger charge is 2.47. The van der Waals surface area contributed by atoms with Crippen molar-refractivity contribution < 1.29 is 17.9 Å². The molecule has 3 rings (SSSR count). The maximum Gasteiger partial charge on any atom is 0.573 e. The Morgan fingerprint density at radius 3 is 2.41 bits per heavy atom. The van der Waals surface area contributed by atoms with E-state index >= 15 is 0 Å². The van der Waals surface area contributed by atoms with Crippen molar-refractivity contribution in [1.82, 2.24) is 0 Å². The molecule has 0 aromatic heterocycles.